The quantitative estimate of drug-likeness (QED) is 0.781. The normalized spacial score (nSPS) is 10.0. The largest absolute Gasteiger partial charge is 0.507 e. The van der Waals surface area contributed by atoms with Crippen LogP contribution >= 0.6 is 0 Å². The molecule has 0 saturated carbocycles. The topological polar surface area (TPSA) is 99.5 Å². The second-order valence-electron chi connectivity index (χ2n) is 4.08. The van der Waals surface area contributed by atoms with Crippen LogP contribution in [0.15, 0.2) is 42.7 Å². The summed E-state index contributed by atoms with van der Waals surface area (Å²) in [6, 6.07) is 7.08. The number of phenolic OH excluding ortho intramolecular Hbond substituents is 1. The van der Waals surface area contributed by atoms with Crippen molar-refractivity contribution in [2.45, 2.75) is 6.54 Å². The molecule has 6 nitrogen and oxygen atoms in total. The van der Waals surface area contributed by atoms with E-state index in [1.807, 2.05) is 0 Å². The summed E-state index contributed by atoms with van der Waals surface area (Å²) in [7, 11) is 0. The van der Waals surface area contributed by atoms with Gasteiger partial charge in [-0.15, -0.1) is 0 Å². The van der Waals surface area contributed by atoms with Gasteiger partial charge in [-0.1, -0.05) is 6.07 Å². The third-order valence-corrected chi connectivity index (χ3v) is 2.66. The lowest BCUT2D eigenvalue weighted by Crippen LogP contribution is -2.23. The van der Waals surface area contributed by atoms with Crippen LogP contribution in [0.25, 0.3) is 0 Å². The number of carbonyl (C=O) groups is 2. The molecule has 6 heteroatoms. The number of rotatable bonds is 4. The second-order valence-corrected chi connectivity index (χ2v) is 4.08. The average Bonchev–Trinajstić information content (AvgIpc) is 2.46. The molecule has 0 unspecified atom stereocenters. The molecule has 0 atom stereocenters. The molecule has 0 aliphatic heterocycles. The summed E-state index contributed by atoms with van der Waals surface area (Å²) in [6.07, 6.45) is 3.22. The minimum atomic E-state index is -1.16. The van der Waals surface area contributed by atoms with Crippen LogP contribution < -0.4 is 5.32 Å². The lowest BCUT2D eigenvalue weighted by Gasteiger charge is -2.07. The molecule has 2 rings (SSSR count). The van der Waals surface area contributed by atoms with Crippen LogP contribution in [0.4, 0.5) is 0 Å². The van der Waals surface area contributed by atoms with E-state index in [9.17, 15) is 14.7 Å². The standard InChI is InChI=1S/C14H12N2O4/c17-12-4-3-10(14(19)20)6-11(12)13(18)16-8-9-2-1-5-15-7-9/h1-7,17H,8H2,(H,16,18)(H,19,20). The number of carboxylic acid groups (broad SMARTS) is 1. The van der Waals surface area contributed by atoms with E-state index in [4.69, 9.17) is 5.11 Å². The molecule has 20 heavy (non-hydrogen) atoms. The first kappa shape index (κ1) is 13.5. The summed E-state index contributed by atoms with van der Waals surface area (Å²) in [6.45, 7) is 0.239. The number of hydrogen-bond acceptors (Lipinski definition) is 4. The predicted molar refractivity (Wildman–Crippen MR) is 70.5 cm³/mol. The zero-order valence-corrected chi connectivity index (χ0v) is 10.4. The number of benzene rings is 1. The van der Waals surface area contributed by atoms with Crippen LogP contribution in [0.5, 0.6) is 5.75 Å². The lowest BCUT2D eigenvalue weighted by atomic mass is 10.1. The fraction of sp³-hybridized carbons (Fsp3) is 0.0714. The highest BCUT2D eigenvalue weighted by atomic mass is 16.4. The number of aromatic hydroxyl groups is 1. The third-order valence-electron chi connectivity index (χ3n) is 2.66. The van der Waals surface area contributed by atoms with Crippen molar-refractivity contribution in [1.82, 2.24) is 10.3 Å². The summed E-state index contributed by atoms with van der Waals surface area (Å²) < 4.78 is 0. The molecular weight excluding hydrogens is 260 g/mol. The summed E-state index contributed by atoms with van der Waals surface area (Å²) >= 11 is 0. The van der Waals surface area contributed by atoms with E-state index in [0.29, 0.717) is 0 Å². The highest BCUT2D eigenvalue weighted by Gasteiger charge is 2.14. The summed E-state index contributed by atoms with van der Waals surface area (Å²) in [5, 5.41) is 21.1. The molecule has 1 amide bonds. The van der Waals surface area contributed by atoms with Crippen molar-refractivity contribution in [1.29, 1.82) is 0 Å². The van der Waals surface area contributed by atoms with Crippen molar-refractivity contribution in [3.05, 3.63) is 59.4 Å². The van der Waals surface area contributed by atoms with Crippen molar-refractivity contribution >= 4 is 11.9 Å². The number of hydrogen-bond donors (Lipinski definition) is 3. The first-order valence-corrected chi connectivity index (χ1v) is 5.81. The van der Waals surface area contributed by atoms with Gasteiger partial charge in [-0.2, -0.15) is 0 Å². The first-order valence-electron chi connectivity index (χ1n) is 5.81. The van der Waals surface area contributed by atoms with Crippen LogP contribution in [-0.4, -0.2) is 27.1 Å². The summed E-state index contributed by atoms with van der Waals surface area (Å²) in [5.74, 6) is -1.97. The van der Waals surface area contributed by atoms with Crippen LogP contribution in [0, 0.1) is 0 Å². The van der Waals surface area contributed by atoms with Gasteiger partial charge < -0.3 is 15.5 Å². The van der Waals surface area contributed by atoms with E-state index in [1.54, 1.807) is 24.5 Å². The molecule has 0 radical (unpaired) electrons. The molecular formula is C14H12N2O4. The molecule has 3 N–H and O–H groups in total. The Kier molecular flexibility index (Phi) is 3.95. The fourth-order valence-corrected chi connectivity index (χ4v) is 1.63. The number of carboxylic acids is 1. The Bertz CT molecular complexity index is 641. The Morgan fingerprint density at radius 1 is 1.25 bits per heavy atom. The van der Waals surface area contributed by atoms with Crippen molar-refractivity contribution in [3.63, 3.8) is 0 Å². The van der Waals surface area contributed by atoms with E-state index in [1.165, 1.54) is 12.1 Å². The molecule has 2 aromatic rings. The number of carbonyl (C=O) groups excluding carboxylic acids is 1. The molecule has 1 aromatic carbocycles. The lowest BCUT2D eigenvalue weighted by molar-refractivity contribution is 0.0697. The number of pyridine rings is 1. The Hall–Kier alpha value is -2.89. The molecule has 0 saturated heterocycles. The van der Waals surface area contributed by atoms with Gasteiger partial charge in [0.2, 0.25) is 0 Å². The zero-order valence-electron chi connectivity index (χ0n) is 10.4. The monoisotopic (exact) mass is 272 g/mol. The van der Waals surface area contributed by atoms with Gasteiger partial charge in [0.05, 0.1) is 11.1 Å². The maximum atomic E-state index is 11.9. The van der Waals surface area contributed by atoms with Crippen LogP contribution in [-0.2, 0) is 6.54 Å². The van der Waals surface area contributed by atoms with E-state index in [2.05, 4.69) is 10.3 Å². The van der Waals surface area contributed by atoms with Gasteiger partial charge in [-0.3, -0.25) is 9.78 Å². The van der Waals surface area contributed by atoms with Gasteiger partial charge in [0.1, 0.15) is 5.75 Å². The number of phenols is 1. The maximum Gasteiger partial charge on any atom is 0.335 e. The van der Waals surface area contributed by atoms with Crippen molar-refractivity contribution in [3.8, 4) is 5.75 Å². The van der Waals surface area contributed by atoms with Gasteiger partial charge in [0.25, 0.3) is 5.91 Å². The number of nitrogens with zero attached hydrogens (tertiary/aromatic N) is 1. The van der Waals surface area contributed by atoms with Crippen LogP contribution in [0.1, 0.15) is 26.3 Å². The predicted octanol–water partition coefficient (Wildman–Crippen LogP) is 1.42. The third kappa shape index (κ3) is 3.11. The molecule has 0 bridgehead atoms. The van der Waals surface area contributed by atoms with Gasteiger partial charge in [0, 0.05) is 18.9 Å². The number of aromatic carboxylic acids is 1. The summed E-state index contributed by atoms with van der Waals surface area (Å²) in [5.41, 5.74) is 0.665. The van der Waals surface area contributed by atoms with Gasteiger partial charge in [-0.25, -0.2) is 4.79 Å². The van der Waals surface area contributed by atoms with E-state index >= 15 is 0 Å². The van der Waals surface area contributed by atoms with Crippen molar-refractivity contribution < 1.29 is 19.8 Å². The minimum absolute atomic E-state index is 0.0608. The Labute approximate surface area is 114 Å². The van der Waals surface area contributed by atoms with Crippen molar-refractivity contribution in [2.24, 2.45) is 0 Å². The van der Waals surface area contributed by atoms with Crippen LogP contribution in [0.2, 0.25) is 0 Å². The second kappa shape index (κ2) is 5.83. The molecule has 0 spiro atoms. The van der Waals surface area contributed by atoms with Gasteiger partial charge in [-0.05, 0) is 29.8 Å². The molecule has 0 fully saturated rings. The minimum Gasteiger partial charge on any atom is -0.507 e. The smallest absolute Gasteiger partial charge is 0.335 e. The van der Waals surface area contributed by atoms with Crippen molar-refractivity contribution in [2.75, 3.05) is 0 Å². The van der Waals surface area contributed by atoms with Gasteiger partial charge in [0.15, 0.2) is 0 Å². The SMILES string of the molecule is O=C(O)c1ccc(O)c(C(=O)NCc2cccnc2)c1. The Morgan fingerprint density at radius 3 is 2.70 bits per heavy atom. The van der Waals surface area contributed by atoms with E-state index in [-0.39, 0.29) is 23.4 Å². The molecule has 0 aliphatic rings. The van der Waals surface area contributed by atoms with Gasteiger partial charge >= 0.3 is 5.97 Å². The number of aromatic nitrogens is 1. The number of nitrogens with one attached hydrogen (secondary N) is 1. The van der Waals surface area contributed by atoms with E-state index < -0.39 is 11.9 Å². The summed E-state index contributed by atoms with van der Waals surface area (Å²) in [4.78, 5) is 26.7. The highest BCUT2D eigenvalue weighted by molar-refractivity contribution is 5.99. The fourth-order valence-electron chi connectivity index (χ4n) is 1.63. The van der Waals surface area contributed by atoms with Crippen LogP contribution in [0.3, 0.4) is 0 Å². The first-order chi connectivity index (χ1) is 9.58. The Morgan fingerprint density at radius 2 is 2.05 bits per heavy atom. The zero-order chi connectivity index (χ0) is 14.5. The molecule has 1 heterocycles. The van der Waals surface area contributed by atoms with E-state index in [0.717, 1.165) is 11.6 Å². The molecule has 102 valence electrons. The molecule has 1 aromatic heterocycles. The molecule has 0 aliphatic carbocycles. The maximum absolute atomic E-state index is 11.9. The Balaban J connectivity index is 2.13. The average molecular weight is 272 g/mol. The highest BCUT2D eigenvalue weighted by Crippen LogP contribution is 2.18. The number of amides is 1.